The number of rotatable bonds is 2. The molecule has 16 heavy (non-hydrogen) atoms. The third-order valence-corrected chi connectivity index (χ3v) is 3.21. The van der Waals surface area contributed by atoms with Crippen LogP contribution >= 0.6 is 0 Å². The fourth-order valence-corrected chi connectivity index (χ4v) is 2.30. The van der Waals surface area contributed by atoms with E-state index < -0.39 is 0 Å². The van der Waals surface area contributed by atoms with Gasteiger partial charge in [-0.15, -0.1) is 0 Å². The van der Waals surface area contributed by atoms with Crippen LogP contribution in [0.3, 0.4) is 0 Å². The molecule has 0 amide bonds. The highest BCUT2D eigenvalue weighted by molar-refractivity contribution is 5.27. The highest BCUT2D eigenvalue weighted by atomic mass is 16.5. The molecule has 86 valence electrons. The number of nitrogens with zero attached hydrogens (tertiary/aromatic N) is 3. The molecule has 1 saturated heterocycles. The second-order valence-electron chi connectivity index (χ2n) is 4.30. The van der Waals surface area contributed by atoms with Gasteiger partial charge in [0.2, 0.25) is 0 Å². The van der Waals surface area contributed by atoms with Crippen molar-refractivity contribution in [3.8, 4) is 6.07 Å². The van der Waals surface area contributed by atoms with Gasteiger partial charge in [-0.25, -0.2) is 0 Å². The van der Waals surface area contributed by atoms with Gasteiger partial charge in [0, 0.05) is 17.9 Å². The molecule has 2 rings (SSSR count). The molecule has 1 atom stereocenters. The predicted molar refractivity (Wildman–Crippen MR) is 60.1 cm³/mol. The first kappa shape index (κ1) is 11.2. The van der Waals surface area contributed by atoms with E-state index in [1.54, 1.807) is 0 Å². The summed E-state index contributed by atoms with van der Waals surface area (Å²) in [6.45, 7) is 5.62. The number of hydrogen-bond acceptors (Lipinski definition) is 3. The Labute approximate surface area is 95.8 Å². The van der Waals surface area contributed by atoms with Crippen molar-refractivity contribution >= 4 is 0 Å². The third-order valence-electron chi connectivity index (χ3n) is 3.21. The van der Waals surface area contributed by atoms with Crippen molar-refractivity contribution in [1.82, 2.24) is 9.78 Å². The minimum Gasteiger partial charge on any atom is -0.379 e. The largest absolute Gasteiger partial charge is 0.379 e. The fourth-order valence-electron chi connectivity index (χ4n) is 2.30. The molecule has 0 saturated carbocycles. The molecule has 0 radical (unpaired) electrons. The molecule has 1 aromatic rings. The fraction of sp³-hybridized carbons (Fsp3) is 0.667. The van der Waals surface area contributed by atoms with E-state index in [0.29, 0.717) is 12.5 Å². The van der Waals surface area contributed by atoms with Crippen LogP contribution in [0.15, 0.2) is 0 Å². The van der Waals surface area contributed by atoms with Crippen molar-refractivity contribution in [2.45, 2.75) is 39.2 Å². The Bertz CT molecular complexity index is 411. The van der Waals surface area contributed by atoms with Gasteiger partial charge in [-0.05, 0) is 26.7 Å². The molecule has 0 aliphatic carbocycles. The molecule has 0 aromatic carbocycles. The summed E-state index contributed by atoms with van der Waals surface area (Å²) in [4.78, 5) is 0. The Kier molecular flexibility index (Phi) is 3.25. The Morgan fingerprint density at radius 3 is 3.00 bits per heavy atom. The summed E-state index contributed by atoms with van der Waals surface area (Å²) in [6, 6.07) is 2.54. The molecule has 0 spiro atoms. The summed E-state index contributed by atoms with van der Waals surface area (Å²) in [7, 11) is 0. The first-order valence-corrected chi connectivity index (χ1v) is 5.73. The second kappa shape index (κ2) is 4.67. The van der Waals surface area contributed by atoms with E-state index in [0.717, 1.165) is 43.0 Å². The maximum absolute atomic E-state index is 8.78. The zero-order valence-electron chi connectivity index (χ0n) is 9.86. The van der Waals surface area contributed by atoms with E-state index in [9.17, 15) is 0 Å². The number of hydrogen-bond donors (Lipinski definition) is 0. The third kappa shape index (κ3) is 1.96. The molecule has 1 aliphatic heterocycles. The highest BCUT2D eigenvalue weighted by Gasteiger charge is 2.20. The second-order valence-corrected chi connectivity index (χ2v) is 4.30. The summed E-state index contributed by atoms with van der Waals surface area (Å²) in [5.74, 6) is 0. The van der Waals surface area contributed by atoms with Gasteiger partial charge in [0.25, 0.3) is 0 Å². The topological polar surface area (TPSA) is 50.8 Å². The average Bonchev–Trinajstić information content (AvgIpc) is 2.59. The monoisotopic (exact) mass is 219 g/mol. The molecular weight excluding hydrogens is 202 g/mol. The van der Waals surface area contributed by atoms with Crippen molar-refractivity contribution < 1.29 is 4.74 Å². The van der Waals surface area contributed by atoms with E-state index in [-0.39, 0.29) is 0 Å². The summed E-state index contributed by atoms with van der Waals surface area (Å²) < 4.78 is 7.52. The van der Waals surface area contributed by atoms with Gasteiger partial charge in [-0.1, -0.05) is 0 Å². The normalized spacial score (nSPS) is 20.7. The number of aromatic nitrogens is 2. The minimum absolute atomic E-state index is 0.347. The maximum atomic E-state index is 8.78. The van der Waals surface area contributed by atoms with E-state index in [2.05, 4.69) is 11.2 Å². The number of ether oxygens (including phenoxy) is 1. The summed E-state index contributed by atoms with van der Waals surface area (Å²) >= 11 is 0. The molecule has 4 heteroatoms. The molecule has 1 fully saturated rings. The standard InChI is InChI=1S/C12H17N3O/c1-9-12(5-6-13)10(2)15(14-9)11-4-3-7-16-8-11/h11H,3-5,7-8H2,1-2H3. The van der Waals surface area contributed by atoms with Gasteiger partial charge in [0.05, 0.1) is 30.8 Å². The number of nitriles is 1. The van der Waals surface area contributed by atoms with Crippen molar-refractivity contribution in [2.75, 3.05) is 13.2 Å². The van der Waals surface area contributed by atoms with Crippen LogP contribution in [-0.4, -0.2) is 23.0 Å². The van der Waals surface area contributed by atoms with Crippen molar-refractivity contribution in [3.05, 3.63) is 17.0 Å². The van der Waals surface area contributed by atoms with Gasteiger partial charge in [0.15, 0.2) is 0 Å². The molecule has 2 heterocycles. The van der Waals surface area contributed by atoms with Crippen LogP contribution in [0.1, 0.15) is 35.8 Å². The van der Waals surface area contributed by atoms with Crippen LogP contribution in [0.4, 0.5) is 0 Å². The van der Waals surface area contributed by atoms with Crippen LogP contribution in [0.2, 0.25) is 0 Å². The van der Waals surface area contributed by atoms with Crippen LogP contribution in [-0.2, 0) is 11.2 Å². The molecule has 1 unspecified atom stereocenters. The molecule has 1 aliphatic rings. The van der Waals surface area contributed by atoms with E-state index in [4.69, 9.17) is 10.00 Å². The van der Waals surface area contributed by atoms with Gasteiger partial charge in [-0.3, -0.25) is 4.68 Å². The molecular formula is C12H17N3O. The van der Waals surface area contributed by atoms with Gasteiger partial charge < -0.3 is 4.74 Å². The lowest BCUT2D eigenvalue weighted by molar-refractivity contribution is 0.0541. The van der Waals surface area contributed by atoms with Crippen LogP contribution in [0.5, 0.6) is 0 Å². The van der Waals surface area contributed by atoms with E-state index in [1.807, 2.05) is 18.5 Å². The molecule has 4 nitrogen and oxygen atoms in total. The van der Waals surface area contributed by atoms with Gasteiger partial charge in [-0.2, -0.15) is 10.4 Å². The average molecular weight is 219 g/mol. The Hall–Kier alpha value is -1.34. The van der Waals surface area contributed by atoms with Gasteiger partial charge >= 0.3 is 0 Å². The molecule has 1 aromatic heterocycles. The molecule has 0 bridgehead atoms. The lowest BCUT2D eigenvalue weighted by Crippen LogP contribution is -2.23. The quantitative estimate of drug-likeness (QED) is 0.763. The first-order chi connectivity index (χ1) is 7.74. The summed E-state index contributed by atoms with van der Waals surface area (Å²) in [5, 5.41) is 13.3. The lowest BCUT2D eigenvalue weighted by Gasteiger charge is -2.23. The Morgan fingerprint density at radius 2 is 2.38 bits per heavy atom. The zero-order valence-corrected chi connectivity index (χ0v) is 9.86. The highest BCUT2D eigenvalue weighted by Crippen LogP contribution is 2.23. The van der Waals surface area contributed by atoms with E-state index in [1.165, 1.54) is 0 Å². The SMILES string of the molecule is Cc1nn(C2CCCOC2)c(C)c1CC#N. The van der Waals surface area contributed by atoms with Crippen molar-refractivity contribution in [3.63, 3.8) is 0 Å². The predicted octanol–water partition coefficient (Wildman–Crippen LogP) is 1.92. The summed E-state index contributed by atoms with van der Waals surface area (Å²) in [5.41, 5.74) is 3.17. The first-order valence-electron chi connectivity index (χ1n) is 5.73. The zero-order chi connectivity index (χ0) is 11.5. The Balaban J connectivity index is 2.27. The Morgan fingerprint density at radius 1 is 1.56 bits per heavy atom. The maximum Gasteiger partial charge on any atom is 0.0756 e. The van der Waals surface area contributed by atoms with Crippen molar-refractivity contribution in [1.29, 1.82) is 5.26 Å². The smallest absolute Gasteiger partial charge is 0.0756 e. The van der Waals surface area contributed by atoms with Gasteiger partial charge in [0.1, 0.15) is 0 Å². The molecule has 0 N–H and O–H groups in total. The minimum atomic E-state index is 0.347. The van der Waals surface area contributed by atoms with Crippen LogP contribution < -0.4 is 0 Å². The van der Waals surface area contributed by atoms with Crippen molar-refractivity contribution in [2.24, 2.45) is 0 Å². The lowest BCUT2D eigenvalue weighted by atomic mass is 10.1. The van der Waals surface area contributed by atoms with E-state index >= 15 is 0 Å². The summed E-state index contributed by atoms with van der Waals surface area (Å²) in [6.07, 6.45) is 2.66. The van der Waals surface area contributed by atoms with Crippen LogP contribution in [0, 0.1) is 25.2 Å². The number of aryl methyl sites for hydroxylation is 1. The van der Waals surface area contributed by atoms with Crippen LogP contribution in [0.25, 0.3) is 0 Å².